The maximum Gasteiger partial charge on any atom is 0.228 e. The second kappa shape index (κ2) is 10.3. The summed E-state index contributed by atoms with van der Waals surface area (Å²) in [6.45, 7) is 3.83. The minimum atomic E-state index is -1.80. The minimum absolute atomic E-state index is 0.165. The van der Waals surface area contributed by atoms with Crippen LogP contribution in [0.3, 0.4) is 0 Å². The lowest BCUT2D eigenvalue weighted by Crippen LogP contribution is -2.56. The van der Waals surface area contributed by atoms with Crippen LogP contribution >= 0.6 is 47.0 Å². The van der Waals surface area contributed by atoms with Crippen LogP contribution in [-0.4, -0.2) is 35.2 Å². The topological polar surface area (TPSA) is 71.6 Å². The molecule has 1 aromatic rings. The Morgan fingerprint density at radius 3 is 2.27 bits per heavy atom. The summed E-state index contributed by atoms with van der Waals surface area (Å²) in [6.07, 6.45) is -0.701. The second-order valence-corrected chi connectivity index (χ2v) is 8.59. The number of alkyl halides is 3. The van der Waals surface area contributed by atoms with Gasteiger partial charge in [-0.2, -0.15) is 0 Å². The molecule has 0 spiro atoms. The number of thiocarbonyl (C=S) groups is 1. The van der Waals surface area contributed by atoms with Gasteiger partial charge in [-0.3, -0.25) is 4.79 Å². The zero-order valence-corrected chi connectivity index (χ0v) is 17.9. The Balaban J connectivity index is 2.79. The monoisotopic (exact) mass is 441 g/mol. The first kappa shape index (κ1) is 22.9. The molecule has 0 bridgehead atoms. The molecule has 0 heterocycles. The maximum atomic E-state index is 12.0. The number of methoxy groups -OCH3 is 2. The van der Waals surface area contributed by atoms with E-state index in [1.54, 1.807) is 25.3 Å². The van der Waals surface area contributed by atoms with E-state index in [0.717, 1.165) is 0 Å². The second-order valence-electron chi connectivity index (χ2n) is 5.81. The minimum Gasteiger partial charge on any atom is -0.493 e. The summed E-state index contributed by atoms with van der Waals surface area (Å²) in [5.41, 5.74) is 0.636. The van der Waals surface area contributed by atoms with Crippen LogP contribution in [0.5, 0.6) is 11.5 Å². The third-order valence-electron chi connectivity index (χ3n) is 3.14. The number of carbonyl (C=O) groups excluding carboxylic acids is 1. The molecule has 1 atom stereocenters. The lowest BCUT2D eigenvalue weighted by Gasteiger charge is -2.28. The van der Waals surface area contributed by atoms with Gasteiger partial charge in [-0.05, 0) is 30.3 Å². The van der Waals surface area contributed by atoms with Crippen molar-refractivity contribution in [2.75, 3.05) is 19.5 Å². The highest BCUT2D eigenvalue weighted by Crippen LogP contribution is 2.31. The average Bonchev–Trinajstić information content (AvgIpc) is 2.52. The number of carbonyl (C=O) groups is 1. The molecule has 6 nitrogen and oxygen atoms in total. The van der Waals surface area contributed by atoms with Crippen LogP contribution in [0.4, 0.5) is 5.69 Å². The van der Waals surface area contributed by atoms with Gasteiger partial charge in [-0.25, -0.2) is 0 Å². The van der Waals surface area contributed by atoms with E-state index in [-0.39, 0.29) is 16.9 Å². The fourth-order valence-corrected chi connectivity index (χ4v) is 2.57. The van der Waals surface area contributed by atoms with E-state index in [4.69, 9.17) is 56.5 Å². The third-order valence-corrected chi connectivity index (χ3v) is 4.02. The van der Waals surface area contributed by atoms with Crippen molar-refractivity contribution in [2.45, 2.75) is 30.2 Å². The first-order chi connectivity index (χ1) is 12.1. The highest BCUT2D eigenvalue weighted by molar-refractivity contribution is 7.80. The molecule has 146 valence electrons. The van der Waals surface area contributed by atoms with Crippen LogP contribution in [-0.2, 0) is 4.79 Å². The van der Waals surface area contributed by atoms with Crippen molar-refractivity contribution in [3.63, 3.8) is 0 Å². The number of rotatable bonds is 7. The van der Waals surface area contributed by atoms with E-state index in [2.05, 4.69) is 16.0 Å². The lowest BCUT2D eigenvalue weighted by atomic mass is 10.1. The first-order valence-electron chi connectivity index (χ1n) is 7.72. The number of anilines is 1. The number of hydrogen-bond acceptors (Lipinski definition) is 4. The predicted molar refractivity (Wildman–Crippen MR) is 111 cm³/mol. The maximum absolute atomic E-state index is 12.0. The van der Waals surface area contributed by atoms with E-state index < -0.39 is 9.96 Å². The van der Waals surface area contributed by atoms with Crippen molar-refractivity contribution in [1.29, 1.82) is 0 Å². The molecule has 0 aliphatic heterocycles. The molecule has 0 fully saturated rings. The smallest absolute Gasteiger partial charge is 0.228 e. The molecular weight excluding hydrogens is 421 g/mol. The van der Waals surface area contributed by atoms with Gasteiger partial charge in [0.25, 0.3) is 0 Å². The fourth-order valence-electron chi connectivity index (χ4n) is 2.00. The molecule has 0 aromatic heterocycles. The van der Waals surface area contributed by atoms with Crippen molar-refractivity contribution < 1.29 is 14.3 Å². The molecule has 1 aromatic carbocycles. The Morgan fingerprint density at radius 1 is 1.15 bits per heavy atom. The van der Waals surface area contributed by atoms with Crippen LogP contribution in [0.25, 0.3) is 0 Å². The van der Waals surface area contributed by atoms with Gasteiger partial charge in [0.1, 0.15) is 6.17 Å². The molecule has 1 rings (SSSR count). The molecule has 0 aliphatic rings. The zero-order chi connectivity index (χ0) is 19.9. The standard InChI is InChI=1S/C16H22Cl3N3O3S/c1-9(2)7-13(23)21-14(16(17,18)19)22-15(26)20-10-5-6-11(24-3)12(8-10)25-4/h5-6,8-9,14H,7H2,1-4H3,(H,21,23)(H2,20,22,26). The quantitative estimate of drug-likeness (QED) is 0.338. The van der Waals surface area contributed by atoms with Crippen molar-refractivity contribution >= 4 is 63.7 Å². The van der Waals surface area contributed by atoms with E-state index in [1.807, 2.05) is 13.8 Å². The number of nitrogens with one attached hydrogen (secondary N) is 3. The predicted octanol–water partition coefficient (Wildman–Crippen LogP) is 3.85. The van der Waals surface area contributed by atoms with Gasteiger partial charge >= 0.3 is 0 Å². The fraction of sp³-hybridized carbons (Fsp3) is 0.500. The number of ether oxygens (including phenoxy) is 2. The van der Waals surface area contributed by atoms with E-state index >= 15 is 0 Å². The van der Waals surface area contributed by atoms with Gasteiger partial charge in [0.15, 0.2) is 16.6 Å². The van der Waals surface area contributed by atoms with Crippen LogP contribution in [0.15, 0.2) is 18.2 Å². The molecule has 1 unspecified atom stereocenters. The van der Waals surface area contributed by atoms with Crippen molar-refractivity contribution in [2.24, 2.45) is 5.92 Å². The number of hydrogen-bond donors (Lipinski definition) is 3. The summed E-state index contributed by atoms with van der Waals surface area (Å²) in [7, 11) is 3.07. The van der Waals surface area contributed by atoms with Gasteiger partial charge in [-0.15, -0.1) is 0 Å². The summed E-state index contributed by atoms with van der Waals surface area (Å²) in [4.78, 5) is 12.0. The number of halogens is 3. The number of amides is 1. The van der Waals surface area contributed by atoms with Crippen LogP contribution in [0.2, 0.25) is 0 Å². The number of benzene rings is 1. The van der Waals surface area contributed by atoms with Crippen molar-refractivity contribution in [1.82, 2.24) is 10.6 Å². The summed E-state index contributed by atoms with van der Waals surface area (Å²) in [5.74, 6) is 1.03. The summed E-state index contributed by atoms with van der Waals surface area (Å²) >= 11 is 23.1. The Hall–Kier alpha value is -1.15. The Kier molecular flexibility index (Phi) is 9.03. The van der Waals surface area contributed by atoms with Gasteiger partial charge < -0.3 is 25.4 Å². The van der Waals surface area contributed by atoms with Crippen LogP contribution in [0.1, 0.15) is 20.3 Å². The van der Waals surface area contributed by atoms with Gasteiger partial charge in [0.05, 0.1) is 14.2 Å². The molecule has 0 saturated heterocycles. The molecule has 26 heavy (non-hydrogen) atoms. The van der Waals surface area contributed by atoms with Crippen molar-refractivity contribution in [3.05, 3.63) is 18.2 Å². The summed E-state index contributed by atoms with van der Waals surface area (Å²) in [6, 6.07) is 5.17. The Labute approximate surface area is 173 Å². The SMILES string of the molecule is COc1ccc(NC(=S)NC(NC(=O)CC(C)C)C(Cl)(Cl)Cl)cc1OC. The van der Waals surface area contributed by atoms with Gasteiger partial charge in [-0.1, -0.05) is 48.7 Å². The largest absolute Gasteiger partial charge is 0.493 e. The van der Waals surface area contributed by atoms with Gasteiger partial charge in [0, 0.05) is 18.2 Å². The summed E-state index contributed by atoms with van der Waals surface area (Å²) < 4.78 is 8.62. The Bertz CT molecular complexity index is 639. The molecule has 3 N–H and O–H groups in total. The molecule has 0 aliphatic carbocycles. The molecular formula is C16H22Cl3N3O3S. The highest BCUT2D eigenvalue weighted by Gasteiger charge is 2.34. The highest BCUT2D eigenvalue weighted by atomic mass is 35.6. The first-order valence-corrected chi connectivity index (χ1v) is 9.26. The third kappa shape index (κ3) is 7.61. The molecule has 1 amide bonds. The molecule has 0 saturated carbocycles. The molecule has 10 heteroatoms. The van der Waals surface area contributed by atoms with Crippen LogP contribution < -0.4 is 25.4 Å². The van der Waals surface area contributed by atoms with Crippen molar-refractivity contribution in [3.8, 4) is 11.5 Å². The van der Waals surface area contributed by atoms with E-state index in [1.165, 1.54) is 7.11 Å². The normalized spacial score (nSPS) is 12.3. The van der Waals surface area contributed by atoms with E-state index in [0.29, 0.717) is 23.6 Å². The summed E-state index contributed by atoms with van der Waals surface area (Å²) in [5, 5.41) is 8.53. The van der Waals surface area contributed by atoms with E-state index in [9.17, 15) is 4.79 Å². The average molecular weight is 443 g/mol. The Morgan fingerprint density at radius 2 is 1.77 bits per heavy atom. The lowest BCUT2D eigenvalue weighted by molar-refractivity contribution is -0.122. The molecule has 0 radical (unpaired) electrons. The van der Waals surface area contributed by atoms with Gasteiger partial charge in [0.2, 0.25) is 9.70 Å². The zero-order valence-electron chi connectivity index (χ0n) is 14.9. The van der Waals surface area contributed by atoms with Crippen LogP contribution in [0, 0.1) is 5.92 Å².